The van der Waals surface area contributed by atoms with Gasteiger partial charge in [-0.3, -0.25) is 29.4 Å². The number of aliphatic imine (C=N–C) groups is 1. The number of methoxy groups -OCH3 is 1. The third-order valence-corrected chi connectivity index (χ3v) is 14.2. The largest absolute Gasteiger partial charge is 0.464 e. The van der Waals surface area contributed by atoms with E-state index in [4.69, 9.17) is 19.5 Å². The lowest BCUT2D eigenvalue weighted by Crippen LogP contribution is -2.60. The van der Waals surface area contributed by atoms with Gasteiger partial charge in [-0.15, -0.1) is 11.8 Å². The molecule has 306 valence electrons. The van der Waals surface area contributed by atoms with Crippen LogP contribution in [0.4, 0.5) is 0 Å². The van der Waals surface area contributed by atoms with Crippen molar-refractivity contribution in [1.82, 2.24) is 30.2 Å². The second-order valence-corrected chi connectivity index (χ2v) is 18.8. The van der Waals surface area contributed by atoms with Gasteiger partial charge in [0.2, 0.25) is 5.91 Å². The summed E-state index contributed by atoms with van der Waals surface area (Å²) in [4.78, 5) is 54.1. The quantitative estimate of drug-likeness (QED) is 0.260. The minimum absolute atomic E-state index is 0.0921. The van der Waals surface area contributed by atoms with E-state index in [9.17, 15) is 14.4 Å². The molecule has 1 aromatic carbocycles. The monoisotopic (exact) mass is 797 g/mol. The van der Waals surface area contributed by atoms with Gasteiger partial charge in [0, 0.05) is 72.9 Å². The van der Waals surface area contributed by atoms with Crippen LogP contribution >= 0.6 is 11.8 Å². The van der Waals surface area contributed by atoms with Crippen molar-refractivity contribution in [2.45, 2.75) is 104 Å². The van der Waals surface area contributed by atoms with Crippen molar-refractivity contribution < 1.29 is 23.9 Å². The molecule has 8 rings (SSSR count). The summed E-state index contributed by atoms with van der Waals surface area (Å²) in [6.45, 7) is 15.2. The number of pyridine rings is 1. The second-order valence-electron chi connectivity index (χ2n) is 17.7. The smallest absolute Gasteiger partial charge is 0.324 e. The number of fused-ring (bicyclic) bond motifs is 5. The normalized spacial score (nSPS) is 28.5. The van der Waals surface area contributed by atoms with Gasteiger partial charge in [0.1, 0.15) is 12.1 Å². The van der Waals surface area contributed by atoms with Crippen LogP contribution in [-0.4, -0.2) is 100 Å². The molecule has 2 amide bonds. The maximum Gasteiger partial charge on any atom is 0.324 e. The van der Waals surface area contributed by atoms with Crippen molar-refractivity contribution in [2.24, 2.45) is 28.2 Å². The molecule has 3 aromatic rings. The lowest BCUT2D eigenvalue weighted by atomic mass is 9.84. The lowest BCUT2D eigenvalue weighted by molar-refractivity contribution is -0.155. The molecule has 4 aliphatic heterocycles. The van der Waals surface area contributed by atoms with Gasteiger partial charge in [-0.25, -0.2) is 5.43 Å². The number of hydrazine groups is 1. The second kappa shape index (κ2) is 16.5. The van der Waals surface area contributed by atoms with Crippen LogP contribution in [-0.2, 0) is 36.8 Å². The summed E-state index contributed by atoms with van der Waals surface area (Å²) in [5.41, 5.74) is 9.29. The first-order valence-corrected chi connectivity index (χ1v) is 22.0. The molecule has 2 saturated heterocycles. The Bertz CT molecular complexity index is 2030. The average Bonchev–Trinajstić information content (AvgIpc) is 3.70. The lowest BCUT2D eigenvalue weighted by Gasteiger charge is -2.35. The molecule has 3 fully saturated rings. The maximum absolute atomic E-state index is 14.2. The Morgan fingerprint density at radius 2 is 1.89 bits per heavy atom. The van der Waals surface area contributed by atoms with Gasteiger partial charge in [0.25, 0.3) is 5.91 Å². The number of hydrogen-bond donors (Lipinski definition) is 2. The van der Waals surface area contributed by atoms with E-state index >= 15 is 0 Å². The number of cyclic esters (lactones) is 1. The number of esters is 1. The van der Waals surface area contributed by atoms with E-state index < -0.39 is 17.5 Å². The van der Waals surface area contributed by atoms with Crippen molar-refractivity contribution >= 4 is 45.5 Å². The number of ether oxygens (including phenoxy) is 2. The summed E-state index contributed by atoms with van der Waals surface area (Å²) in [6.07, 6.45) is 6.24. The Balaban J connectivity index is 1.24. The zero-order valence-corrected chi connectivity index (χ0v) is 35.2. The Hall–Kier alpha value is -3.78. The van der Waals surface area contributed by atoms with Crippen molar-refractivity contribution in [3.63, 3.8) is 0 Å². The fourth-order valence-corrected chi connectivity index (χ4v) is 10.5. The van der Waals surface area contributed by atoms with Crippen molar-refractivity contribution in [1.29, 1.82) is 0 Å². The predicted octanol–water partition coefficient (Wildman–Crippen LogP) is 6.09. The molecule has 2 aromatic heterocycles. The van der Waals surface area contributed by atoms with Crippen LogP contribution in [0.15, 0.2) is 41.5 Å². The molecule has 1 saturated carbocycles. The Morgan fingerprint density at radius 1 is 1.11 bits per heavy atom. The highest BCUT2D eigenvalue weighted by molar-refractivity contribution is 8.14. The summed E-state index contributed by atoms with van der Waals surface area (Å²) in [5, 5.41) is 6.65. The number of amides is 2. The number of carbonyl (C=O) groups excluding carboxylic acids is 3. The average molecular weight is 798 g/mol. The minimum Gasteiger partial charge on any atom is -0.464 e. The third kappa shape index (κ3) is 8.27. The van der Waals surface area contributed by atoms with Crippen LogP contribution in [0.2, 0.25) is 0 Å². The van der Waals surface area contributed by atoms with Gasteiger partial charge in [0.05, 0.1) is 35.2 Å². The van der Waals surface area contributed by atoms with Gasteiger partial charge < -0.3 is 24.3 Å². The van der Waals surface area contributed by atoms with Crippen molar-refractivity contribution in [3.8, 4) is 11.3 Å². The van der Waals surface area contributed by atoms with E-state index in [1.54, 1.807) is 18.9 Å². The van der Waals surface area contributed by atoms with E-state index in [0.29, 0.717) is 32.2 Å². The van der Waals surface area contributed by atoms with Crippen molar-refractivity contribution in [3.05, 3.63) is 53.3 Å². The number of thioether (sulfide) groups is 1. The summed E-state index contributed by atoms with van der Waals surface area (Å²) in [5.74, 6) is 0.489. The number of likely N-dealkylation sites (tertiary alicyclic amines) is 1. The first kappa shape index (κ1) is 40.0. The van der Waals surface area contributed by atoms with Crippen LogP contribution in [0.3, 0.4) is 0 Å². The van der Waals surface area contributed by atoms with Gasteiger partial charge in [0.15, 0.2) is 0 Å². The number of nitrogens with one attached hydrogen (secondary N) is 2. The fourth-order valence-electron chi connectivity index (χ4n) is 9.36. The molecule has 57 heavy (non-hydrogen) atoms. The summed E-state index contributed by atoms with van der Waals surface area (Å²) in [6, 6.07) is 9.40. The van der Waals surface area contributed by atoms with Gasteiger partial charge >= 0.3 is 5.97 Å². The van der Waals surface area contributed by atoms with E-state index in [1.807, 2.05) is 19.2 Å². The first-order chi connectivity index (χ1) is 27.4. The highest BCUT2D eigenvalue weighted by atomic mass is 32.2. The maximum atomic E-state index is 14.2. The van der Waals surface area contributed by atoms with Crippen LogP contribution in [0.5, 0.6) is 0 Å². The molecule has 13 heteroatoms. The van der Waals surface area contributed by atoms with E-state index in [0.717, 1.165) is 70.4 Å². The highest BCUT2D eigenvalue weighted by Gasteiger charge is 2.49. The molecule has 2 N–H and O–H groups in total. The molecule has 1 unspecified atom stereocenters. The number of aromatic nitrogens is 2. The predicted molar refractivity (Wildman–Crippen MR) is 224 cm³/mol. The number of hydrogen-bond acceptors (Lipinski definition) is 10. The molecule has 12 nitrogen and oxygen atoms in total. The van der Waals surface area contributed by atoms with Crippen molar-refractivity contribution in [2.75, 3.05) is 45.6 Å². The zero-order valence-electron chi connectivity index (χ0n) is 34.4. The summed E-state index contributed by atoms with van der Waals surface area (Å²) in [7, 11) is 1.73. The molecule has 5 aliphatic rings. The van der Waals surface area contributed by atoms with Crippen LogP contribution < -0.4 is 10.7 Å². The van der Waals surface area contributed by atoms with Crippen LogP contribution in [0.1, 0.15) is 95.7 Å². The Kier molecular flexibility index (Phi) is 11.6. The molecule has 7 atom stereocenters. The first-order valence-electron chi connectivity index (χ1n) is 21.0. The minimum atomic E-state index is -0.799. The molecule has 6 heterocycles. The van der Waals surface area contributed by atoms with Crippen LogP contribution in [0, 0.1) is 23.2 Å². The summed E-state index contributed by atoms with van der Waals surface area (Å²) < 4.78 is 14.5. The van der Waals surface area contributed by atoms with Gasteiger partial charge in [-0.1, -0.05) is 33.8 Å². The molecule has 0 radical (unpaired) electrons. The Labute approximate surface area is 340 Å². The molecular weight excluding hydrogens is 739 g/mol. The number of nitrogens with zero attached hydrogens (tertiary/aromatic N) is 5. The number of rotatable bonds is 8. The fraction of sp³-hybridized carbons (Fsp3) is 0.614. The van der Waals surface area contributed by atoms with Gasteiger partial charge in [-0.05, 0) is 99.3 Å². The van der Waals surface area contributed by atoms with E-state index in [-0.39, 0.29) is 54.3 Å². The number of carbonyl (C=O) groups is 3. The molecule has 1 aliphatic carbocycles. The van der Waals surface area contributed by atoms with Gasteiger partial charge in [-0.2, -0.15) is 0 Å². The topological polar surface area (TPSA) is 130 Å². The summed E-state index contributed by atoms with van der Waals surface area (Å²) >= 11 is 1.66. The zero-order chi connectivity index (χ0) is 40.0. The Morgan fingerprint density at radius 3 is 2.65 bits per heavy atom. The number of benzene rings is 1. The highest BCUT2D eigenvalue weighted by Crippen LogP contribution is 2.46. The van der Waals surface area contributed by atoms with E-state index in [2.05, 4.69) is 72.2 Å². The third-order valence-electron chi connectivity index (χ3n) is 13.1. The molecular formula is C44H59N7O5S. The molecule has 6 bridgehead atoms. The van der Waals surface area contributed by atoms with Crippen LogP contribution in [0.25, 0.3) is 22.2 Å². The standard InChI is InChI=1S/C44H59N7O5S/c1-26-27(2)38(26)41(52)47-34-22-37-46-35(24-57-37)29-13-14-36-31(21-29)32(23-44(4,5)25-56-43(54)33-12-10-18-51(48-33)42(34)53)40(50(36)20-19-49-16-7-8-17-49)30-11-9-15-45-39(30)28(3)55-6/h9,11,13-15,21,26-28,33-35,38,48H,7-8,10,12,16-20,22-25H2,1-6H3,(H,47,52)/t26-,27+,28-,33-,34-,35?,38+/m0/s1. The molecule has 0 spiro atoms. The SMILES string of the molecule is CO[C@@H](C)c1ncccc1-c1c2c3cc(ccc3n1CCN1CCCC1)C1CSC(=N1)C[C@H](NC(=O)[C@H]1[C@H](C)[C@@H]1C)C(=O)N1CCC[C@H](N1)C(=O)OCC(C)(C)C2. The van der Waals surface area contributed by atoms with E-state index in [1.165, 1.54) is 23.4 Å².